The lowest BCUT2D eigenvalue weighted by Crippen LogP contribution is -2.40. The van der Waals surface area contributed by atoms with E-state index in [0.29, 0.717) is 27.9 Å². The van der Waals surface area contributed by atoms with Crippen molar-refractivity contribution >= 4 is 29.4 Å². The van der Waals surface area contributed by atoms with Gasteiger partial charge in [0.25, 0.3) is 5.91 Å². The molecule has 208 valence electrons. The molecule has 0 radical (unpaired) electrons. The van der Waals surface area contributed by atoms with Crippen LogP contribution < -0.4 is 14.8 Å². The summed E-state index contributed by atoms with van der Waals surface area (Å²) in [5, 5.41) is 3.40. The van der Waals surface area contributed by atoms with E-state index in [9.17, 15) is 14.0 Å². The van der Waals surface area contributed by atoms with Crippen LogP contribution in [-0.4, -0.2) is 67.3 Å². The highest BCUT2D eigenvalue weighted by atomic mass is 35.5. The van der Waals surface area contributed by atoms with Crippen molar-refractivity contribution in [2.24, 2.45) is 0 Å². The number of amides is 2. The molecule has 2 amide bonds. The summed E-state index contributed by atoms with van der Waals surface area (Å²) in [5.41, 5.74) is 2.27. The zero-order valence-electron chi connectivity index (χ0n) is 22.2. The van der Waals surface area contributed by atoms with E-state index in [2.05, 4.69) is 10.3 Å². The first-order valence-corrected chi connectivity index (χ1v) is 12.6. The Morgan fingerprint density at radius 2 is 1.68 bits per heavy atom. The van der Waals surface area contributed by atoms with Crippen LogP contribution in [0.2, 0.25) is 5.02 Å². The van der Waals surface area contributed by atoms with E-state index in [4.69, 9.17) is 25.8 Å². The van der Waals surface area contributed by atoms with Gasteiger partial charge >= 0.3 is 0 Å². The molecule has 0 bridgehead atoms. The predicted molar refractivity (Wildman–Crippen MR) is 150 cm³/mol. The molecule has 0 unspecified atom stereocenters. The number of anilines is 1. The van der Waals surface area contributed by atoms with Crippen molar-refractivity contribution < 1.29 is 28.2 Å². The molecule has 3 aromatic carbocycles. The fraction of sp³-hybridized carbons (Fsp3) is 0.207. The van der Waals surface area contributed by atoms with Gasteiger partial charge in [0.1, 0.15) is 12.4 Å². The molecular formula is C29H28ClFN4O5. The Balaban J connectivity index is 1.65. The molecule has 9 nitrogen and oxygen atoms in total. The normalized spacial score (nSPS) is 10.7. The number of nitrogens with one attached hydrogen (secondary N) is 1. The fourth-order valence-corrected chi connectivity index (χ4v) is 4.09. The van der Waals surface area contributed by atoms with Gasteiger partial charge in [-0.3, -0.25) is 19.5 Å². The number of carbonyl (C=O) groups is 2. The first-order valence-electron chi connectivity index (χ1n) is 12.2. The molecule has 0 aliphatic heterocycles. The molecular weight excluding hydrogens is 539 g/mol. The third-order valence-corrected chi connectivity index (χ3v) is 6.27. The third-order valence-electron chi connectivity index (χ3n) is 6.02. The Bertz CT molecular complexity index is 1480. The molecule has 1 aromatic heterocycles. The van der Waals surface area contributed by atoms with Gasteiger partial charge in [0.2, 0.25) is 11.9 Å². The van der Waals surface area contributed by atoms with Crippen molar-refractivity contribution in [3.05, 3.63) is 89.3 Å². The van der Waals surface area contributed by atoms with E-state index in [1.807, 2.05) is 12.1 Å². The van der Waals surface area contributed by atoms with Crippen LogP contribution >= 0.6 is 11.6 Å². The fourth-order valence-electron chi connectivity index (χ4n) is 3.97. The average molecular weight is 567 g/mol. The minimum absolute atomic E-state index is 0.153. The highest BCUT2D eigenvalue weighted by molar-refractivity contribution is 6.30. The lowest BCUT2D eigenvalue weighted by Gasteiger charge is -2.22. The van der Waals surface area contributed by atoms with E-state index >= 15 is 0 Å². The van der Waals surface area contributed by atoms with Crippen LogP contribution in [0.3, 0.4) is 0 Å². The smallest absolute Gasteiger partial charge is 0.254 e. The van der Waals surface area contributed by atoms with E-state index in [1.165, 1.54) is 43.4 Å². The average Bonchev–Trinajstić information content (AvgIpc) is 3.38. The Kier molecular flexibility index (Phi) is 9.36. The molecule has 0 saturated carbocycles. The number of hydrogen-bond acceptors (Lipinski definition) is 6. The maximum absolute atomic E-state index is 13.4. The monoisotopic (exact) mass is 566 g/mol. The van der Waals surface area contributed by atoms with Gasteiger partial charge in [-0.15, -0.1) is 0 Å². The summed E-state index contributed by atoms with van der Waals surface area (Å²) in [5.74, 6) is -0.115. The molecule has 4 rings (SSSR count). The second-order valence-corrected chi connectivity index (χ2v) is 9.08. The summed E-state index contributed by atoms with van der Waals surface area (Å²) in [6, 6.07) is 17.6. The summed E-state index contributed by atoms with van der Waals surface area (Å²) >= 11 is 6.06. The number of carbonyl (C=O) groups excluding carboxylic acids is 2. The topological polar surface area (TPSA) is 94.9 Å². The summed E-state index contributed by atoms with van der Waals surface area (Å²) in [6.07, 6.45) is 1.77. The van der Waals surface area contributed by atoms with Crippen LogP contribution in [0.25, 0.3) is 16.9 Å². The molecule has 0 saturated heterocycles. The van der Waals surface area contributed by atoms with Gasteiger partial charge in [0.05, 0.1) is 32.2 Å². The van der Waals surface area contributed by atoms with Crippen molar-refractivity contribution in [3.8, 4) is 28.4 Å². The number of benzene rings is 3. The maximum atomic E-state index is 13.4. The summed E-state index contributed by atoms with van der Waals surface area (Å²) in [4.78, 5) is 32.3. The highest BCUT2D eigenvalue weighted by Crippen LogP contribution is 2.32. The maximum Gasteiger partial charge on any atom is 0.254 e. The Hall–Kier alpha value is -4.41. The molecule has 0 aliphatic rings. The van der Waals surface area contributed by atoms with Crippen molar-refractivity contribution in [2.45, 2.75) is 0 Å². The van der Waals surface area contributed by atoms with Crippen LogP contribution in [0.1, 0.15) is 10.4 Å². The Morgan fingerprint density at radius 1 is 0.975 bits per heavy atom. The van der Waals surface area contributed by atoms with E-state index < -0.39 is 17.6 Å². The largest absolute Gasteiger partial charge is 0.493 e. The van der Waals surface area contributed by atoms with Crippen molar-refractivity contribution in [1.82, 2.24) is 14.5 Å². The summed E-state index contributed by atoms with van der Waals surface area (Å²) < 4.78 is 31.0. The van der Waals surface area contributed by atoms with Crippen molar-refractivity contribution in [2.75, 3.05) is 46.3 Å². The second-order valence-electron chi connectivity index (χ2n) is 8.64. The van der Waals surface area contributed by atoms with Crippen molar-refractivity contribution in [3.63, 3.8) is 0 Å². The number of hydrogen-bond donors (Lipinski definition) is 1. The number of ether oxygens (including phenoxy) is 3. The van der Waals surface area contributed by atoms with E-state index in [1.54, 1.807) is 48.2 Å². The number of rotatable bonds is 11. The molecule has 4 aromatic rings. The lowest BCUT2D eigenvalue weighted by atomic mass is 10.2. The molecule has 0 fully saturated rings. The van der Waals surface area contributed by atoms with Gasteiger partial charge in [-0.05, 0) is 48.5 Å². The Labute approximate surface area is 236 Å². The van der Waals surface area contributed by atoms with Crippen LogP contribution in [0.5, 0.6) is 11.5 Å². The molecule has 40 heavy (non-hydrogen) atoms. The number of imidazole rings is 1. The first-order chi connectivity index (χ1) is 19.3. The molecule has 0 spiro atoms. The quantitative estimate of drug-likeness (QED) is 0.272. The summed E-state index contributed by atoms with van der Waals surface area (Å²) in [6.45, 7) is 0.0795. The van der Waals surface area contributed by atoms with Gasteiger partial charge < -0.3 is 19.1 Å². The highest BCUT2D eigenvalue weighted by Gasteiger charge is 2.21. The van der Waals surface area contributed by atoms with Crippen molar-refractivity contribution in [1.29, 1.82) is 0 Å². The SMILES string of the molecule is COCCN(CC(=O)Nc1nc(-c2ccc(Cl)cc2)cn1-c1ccc(OC)c(OC)c1)C(=O)c1ccc(F)cc1. The van der Waals surface area contributed by atoms with Crippen LogP contribution in [-0.2, 0) is 9.53 Å². The molecule has 1 N–H and O–H groups in total. The number of nitrogens with zero attached hydrogens (tertiary/aromatic N) is 3. The van der Waals surface area contributed by atoms with Gasteiger partial charge in [0, 0.05) is 42.1 Å². The zero-order chi connectivity index (χ0) is 28.6. The van der Waals surface area contributed by atoms with Crippen LogP contribution in [0.4, 0.5) is 10.3 Å². The predicted octanol–water partition coefficient (Wildman–Crippen LogP) is 5.08. The number of halogens is 2. The van der Waals surface area contributed by atoms with Gasteiger partial charge in [-0.2, -0.15) is 0 Å². The van der Waals surface area contributed by atoms with Gasteiger partial charge in [0.15, 0.2) is 11.5 Å². The zero-order valence-corrected chi connectivity index (χ0v) is 22.9. The third kappa shape index (κ3) is 6.77. The molecule has 1 heterocycles. The summed E-state index contributed by atoms with van der Waals surface area (Å²) in [7, 11) is 4.57. The second kappa shape index (κ2) is 13.1. The minimum Gasteiger partial charge on any atom is -0.493 e. The number of aromatic nitrogens is 2. The first kappa shape index (κ1) is 28.6. The molecule has 0 atom stereocenters. The number of methoxy groups -OCH3 is 3. The lowest BCUT2D eigenvalue weighted by molar-refractivity contribution is -0.117. The van der Waals surface area contributed by atoms with E-state index in [-0.39, 0.29) is 31.2 Å². The van der Waals surface area contributed by atoms with Crippen LogP contribution in [0.15, 0.2) is 72.9 Å². The van der Waals surface area contributed by atoms with Gasteiger partial charge in [-0.1, -0.05) is 23.7 Å². The standard InChI is InChI=1S/C29H28ClFN4O5/c1-38-15-14-34(28(37)20-6-10-22(31)11-7-20)18-27(36)33-29-32-24(19-4-8-21(30)9-5-19)17-35(29)23-12-13-25(39-2)26(16-23)40-3/h4-13,16-17H,14-15,18H2,1-3H3,(H,32,33,36). The van der Waals surface area contributed by atoms with E-state index in [0.717, 1.165) is 5.56 Å². The minimum atomic E-state index is -0.485. The van der Waals surface area contributed by atoms with Crippen LogP contribution in [0, 0.1) is 5.82 Å². The molecule has 11 heteroatoms. The Morgan fingerprint density at radius 3 is 2.33 bits per heavy atom. The molecule has 0 aliphatic carbocycles. The van der Waals surface area contributed by atoms with Gasteiger partial charge in [-0.25, -0.2) is 9.37 Å².